The molecule has 144 valence electrons. The molecule has 1 unspecified atom stereocenters. The van der Waals surface area contributed by atoms with Crippen LogP contribution in [0.3, 0.4) is 0 Å². The maximum absolute atomic E-state index is 11.2. The van der Waals surface area contributed by atoms with E-state index in [2.05, 4.69) is 0 Å². The molecule has 2 N–H and O–H groups in total. The number of aliphatic hydroxyl groups excluding tert-OH is 2. The van der Waals surface area contributed by atoms with Gasteiger partial charge < -0.3 is 14.9 Å². The van der Waals surface area contributed by atoms with Crippen LogP contribution < -0.4 is 0 Å². The molecule has 0 aromatic rings. The van der Waals surface area contributed by atoms with Crippen molar-refractivity contribution in [3.8, 4) is 0 Å². The number of esters is 1. The van der Waals surface area contributed by atoms with Crippen molar-refractivity contribution < 1.29 is 19.7 Å². The molecule has 0 aromatic heterocycles. The van der Waals surface area contributed by atoms with Gasteiger partial charge in [0.15, 0.2) is 0 Å². The summed E-state index contributed by atoms with van der Waals surface area (Å²) in [6.07, 6.45) is 15.7. The summed E-state index contributed by atoms with van der Waals surface area (Å²) in [6.45, 7) is 2.63. The molecule has 24 heavy (non-hydrogen) atoms. The highest BCUT2D eigenvalue weighted by molar-refractivity contribution is 5.69. The van der Waals surface area contributed by atoms with Crippen LogP contribution in [0.25, 0.3) is 0 Å². The van der Waals surface area contributed by atoms with Crippen molar-refractivity contribution in [3.05, 3.63) is 0 Å². The van der Waals surface area contributed by atoms with Crippen molar-refractivity contribution in [3.63, 3.8) is 0 Å². The van der Waals surface area contributed by atoms with Gasteiger partial charge in [-0.05, 0) is 32.6 Å². The fraction of sp³-hybridized carbons (Fsp3) is 0.950. The van der Waals surface area contributed by atoms with E-state index in [1.807, 2.05) is 6.92 Å². The third-order valence-electron chi connectivity index (χ3n) is 4.42. The first kappa shape index (κ1) is 23.4. The molecule has 0 aliphatic rings. The van der Waals surface area contributed by atoms with Crippen LogP contribution >= 0.6 is 0 Å². The Hall–Kier alpha value is -0.610. The van der Waals surface area contributed by atoms with Crippen molar-refractivity contribution in [2.75, 3.05) is 13.2 Å². The third kappa shape index (κ3) is 17.7. The van der Waals surface area contributed by atoms with Crippen LogP contribution in [0.1, 0.15) is 103 Å². The summed E-state index contributed by atoms with van der Waals surface area (Å²) in [6, 6.07) is 0. The number of carbonyl (C=O) groups excluding carboxylic acids is 1. The molecule has 4 heteroatoms. The number of hydrogen-bond donors (Lipinski definition) is 2. The van der Waals surface area contributed by atoms with E-state index in [0.717, 1.165) is 64.2 Å². The van der Waals surface area contributed by atoms with Crippen molar-refractivity contribution in [1.29, 1.82) is 0 Å². The van der Waals surface area contributed by atoms with E-state index in [4.69, 9.17) is 9.84 Å². The van der Waals surface area contributed by atoms with Crippen LogP contribution in [0.2, 0.25) is 0 Å². The van der Waals surface area contributed by atoms with E-state index in [1.165, 1.54) is 25.7 Å². The second-order valence-electron chi connectivity index (χ2n) is 6.75. The lowest BCUT2D eigenvalue weighted by Crippen LogP contribution is -2.06. The number of carbonyl (C=O) groups is 1. The van der Waals surface area contributed by atoms with Gasteiger partial charge in [-0.1, -0.05) is 64.2 Å². The Balaban J connectivity index is 3.21. The lowest BCUT2D eigenvalue weighted by Gasteiger charge is -2.10. The molecule has 1 atom stereocenters. The number of aliphatic hydroxyl groups is 2. The van der Waals surface area contributed by atoms with Crippen molar-refractivity contribution in [2.45, 2.75) is 109 Å². The predicted octanol–water partition coefficient (Wildman–Crippen LogP) is 4.75. The van der Waals surface area contributed by atoms with Gasteiger partial charge in [-0.3, -0.25) is 4.79 Å². The van der Waals surface area contributed by atoms with Crippen LogP contribution in [-0.2, 0) is 9.53 Å². The molecule has 0 heterocycles. The second kappa shape index (κ2) is 18.7. The average molecular weight is 345 g/mol. The van der Waals surface area contributed by atoms with E-state index in [-0.39, 0.29) is 12.1 Å². The smallest absolute Gasteiger partial charge is 0.305 e. The minimum Gasteiger partial charge on any atom is -0.466 e. The Morgan fingerprint density at radius 1 is 0.792 bits per heavy atom. The van der Waals surface area contributed by atoms with Gasteiger partial charge >= 0.3 is 5.97 Å². The lowest BCUT2D eigenvalue weighted by atomic mass is 10.0. The van der Waals surface area contributed by atoms with Crippen LogP contribution in [0.15, 0.2) is 0 Å². The summed E-state index contributed by atoms with van der Waals surface area (Å²) in [5.74, 6) is -0.0821. The van der Waals surface area contributed by atoms with E-state index < -0.39 is 0 Å². The van der Waals surface area contributed by atoms with Crippen LogP contribution in [-0.4, -0.2) is 35.5 Å². The van der Waals surface area contributed by atoms with Crippen LogP contribution in [0.5, 0.6) is 0 Å². The summed E-state index contributed by atoms with van der Waals surface area (Å²) in [5.41, 5.74) is 0. The van der Waals surface area contributed by atoms with E-state index >= 15 is 0 Å². The first-order valence-corrected chi connectivity index (χ1v) is 10.1. The van der Waals surface area contributed by atoms with Gasteiger partial charge in [0.05, 0.1) is 12.7 Å². The zero-order chi connectivity index (χ0) is 17.9. The molecule has 0 aromatic carbocycles. The SMILES string of the molecule is CCOC(=O)CCCCCCCC(O)CCCCCCCCCO. The number of ether oxygens (including phenoxy) is 1. The molecule has 0 aliphatic carbocycles. The molecule has 0 spiro atoms. The lowest BCUT2D eigenvalue weighted by molar-refractivity contribution is -0.143. The van der Waals surface area contributed by atoms with Crippen LogP contribution in [0, 0.1) is 0 Å². The standard InChI is InChI=1S/C20H40O4/c1-2-24-20(23)17-13-9-6-8-12-16-19(22)15-11-7-4-3-5-10-14-18-21/h19,21-22H,2-18H2,1H3. The molecular formula is C20H40O4. The third-order valence-corrected chi connectivity index (χ3v) is 4.42. The molecular weight excluding hydrogens is 304 g/mol. The van der Waals surface area contributed by atoms with Gasteiger partial charge in [0.25, 0.3) is 0 Å². The van der Waals surface area contributed by atoms with E-state index in [9.17, 15) is 9.90 Å². The molecule has 0 aliphatic heterocycles. The highest BCUT2D eigenvalue weighted by Crippen LogP contribution is 2.14. The average Bonchev–Trinajstić information content (AvgIpc) is 2.56. The monoisotopic (exact) mass is 344 g/mol. The van der Waals surface area contributed by atoms with Gasteiger partial charge in [-0.15, -0.1) is 0 Å². The fourth-order valence-electron chi connectivity index (χ4n) is 2.93. The van der Waals surface area contributed by atoms with Crippen molar-refractivity contribution in [2.24, 2.45) is 0 Å². The minimum atomic E-state index is -0.140. The predicted molar refractivity (Wildman–Crippen MR) is 99.0 cm³/mol. The van der Waals surface area contributed by atoms with E-state index in [1.54, 1.807) is 0 Å². The number of hydrogen-bond acceptors (Lipinski definition) is 4. The van der Waals surface area contributed by atoms with Crippen LogP contribution in [0.4, 0.5) is 0 Å². The second-order valence-corrected chi connectivity index (χ2v) is 6.75. The summed E-state index contributed by atoms with van der Waals surface area (Å²) in [4.78, 5) is 11.2. The molecule has 0 fully saturated rings. The molecule has 0 amide bonds. The van der Waals surface area contributed by atoms with Gasteiger partial charge in [-0.2, -0.15) is 0 Å². The topological polar surface area (TPSA) is 66.8 Å². The summed E-state index contributed by atoms with van der Waals surface area (Å²) in [7, 11) is 0. The maximum Gasteiger partial charge on any atom is 0.305 e. The largest absolute Gasteiger partial charge is 0.466 e. The first-order chi connectivity index (χ1) is 11.7. The Labute approximate surface area is 149 Å². The fourth-order valence-corrected chi connectivity index (χ4v) is 2.93. The summed E-state index contributed by atoms with van der Waals surface area (Å²) >= 11 is 0. The molecule has 0 saturated carbocycles. The molecule has 0 saturated heterocycles. The first-order valence-electron chi connectivity index (χ1n) is 10.1. The van der Waals surface area contributed by atoms with Gasteiger partial charge in [-0.25, -0.2) is 0 Å². The normalized spacial score (nSPS) is 12.3. The molecule has 0 bridgehead atoms. The minimum absolute atomic E-state index is 0.0821. The maximum atomic E-state index is 11.2. The quantitative estimate of drug-likeness (QED) is 0.278. The van der Waals surface area contributed by atoms with Gasteiger partial charge in [0, 0.05) is 13.0 Å². The Bertz CT molecular complexity index is 268. The Morgan fingerprint density at radius 3 is 1.75 bits per heavy atom. The van der Waals surface area contributed by atoms with Gasteiger partial charge in [0.2, 0.25) is 0 Å². The van der Waals surface area contributed by atoms with E-state index in [0.29, 0.717) is 19.6 Å². The Morgan fingerprint density at radius 2 is 1.25 bits per heavy atom. The summed E-state index contributed by atoms with van der Waals surface area (Å²) in [5, 5.41) is 18.7. The molecule has 0 rings (SSSR count). The van der Waals surface area contributed by atoms with Crippen molar-refractivity contribution >= 4 is 5.97 Å². The summed E-state index contributed by atoms with van der Waals surface area (Å²) < 4.78 is 4.90. The van der Waals surface area contributed by atoms with Crippen molar-refractivity contribution in [1.82, 2.24) is 0 Å². The molecule has 0 radical (unpaired) electrons. The highest BCUT2D eigenvalue weighted by atomic mass is 16.5. The highest BCUT2D eigenvalue weighted by Gasteiger charge is 2.04. The number of unbranched alkanes of at least 4 members (excludes halogenated alkanes) is 10. The molecule has 4 nitrogen and oxygen atoms in total. The number of rotatable bonds is 18. The zero-order valence-electron chi connectivity index (χ0n) is 15.8. The Kier molecular flexibility index (Phi) is 18.2. The zero-order valence-corrected chi connectivity index (χ0v) is 15.8. The van der Waals surface area contributed by atoms with Gasteiger partial charge in [0.1, 0.15) is 0 Å².